The van der Waals surface area contributed by atoms with Crippen LogP contribution in [0.5, 0.6) is 0 Å². The molecule has 2 aromatic rings. The number of hydrogen-bond acceptors (Lipinski definition) is 4. The summed E-state index contributed by atoms with van der Waals surface area (Å²) >= 11 is 0. The third-order valence-electron chi connectivity index (χ3n) is 4.11. The fraction of sp³-hybridized carbons (Fsp3) is 0.333. The van der Waals surface area contributed by atoms with E-state index < -0.39 is 48.8 Å². The second kappa shape index (κ2) is 5.94. The number of carbonyl (C=O) groups excluding carboxylic acids is 1. The summed E-state index contributed by atoms with van der Waals surface area (Å²) in [6, 6.07) is 1.90. The Balaban J connectivity index is 1.98. The molecular weight excluding hydrogens is 346 g/mol. The van der Waals surface area contributed by atoms with Crippen LogP contribution in [0.2, 0.25) is 0 Å². The van der Waals surface area contributed by atoms with E-state index in [2.05, 4.69) is 9.97 Å². The van der Waals surface area contributed by atoms with Gasteiger partial charge in [-0.3, -0.25) is 19.6 Å². The number of benzene rings is 1. The third kappa shape index (κ3) is 3.11. The van der Waals surface area contributed by atoms with Crippen LogP contribution < -0.4 is 0 Å². The van der Waals surface area contributed by atoms with Crippen LogP contribution in [0.1, 0.15) is 10.4 Å². The summed E-state index contributed by atoms with van der Waals surface area (Å²) < 4.78 is 52.8. The summed E-state index contributed by atoms with van der Waals surface area (Å²) in [5.74, 6) is -7.29. The van der Waals surface area contributed by atoms with Gasteiger partial charge in [-0.25, -0.2) is 4.39 Å². The van der Waals surface area contributed by atoms with Crippen molar-refractivity contribution in [3.05, 3.63) is 35.9 Å². The van der Waals surface area contributed by atoms with E-state index in [1.807, 2.05) is 0 Å². The molecule has 1 aromatic heterocycles. The zero-order chi connectivity index (χ0) is 18.4. The number of rotatable bonds is 2. The standard InChI is InChI=1S/C15H11F4N3O3/c16-7-3-8(12-11(4-7)20-1-2-21-12)13(23)22-5-9(14(24)25)10(6-22)15(17,18)19/h1-4,9-10H,5-6H2,(H,24,25)/t9-,10-/m1/s1. The lowest BCUT2D eigenvalue weighted by Crippen LogP contribution is -2.34. The zero-order valence-corrected chi connectivity index (χ0v) is 12.5. The van der Waals surface area contributed by atoms with Crippen LogP contribution in [0.25, 0.3) is 11.0 Å². The topological polar surface area (TPSA) is 83.4 Å². The fourth-order valence-electron chi connectivity index (χ4n) is 2.93. The van der Waals surface area contributed by atoms with Crippen molar-refractivity contribution in [2.24, 2.45) is 11.8 Å². The van der Waals surface area contributed by atoms with Crippen LogP contribution in [-0.4, -0.2) is 51.1 Å². The fourth-order valence-corrected chi connectivity index (χ4v) is 2.93. The first-order chi connectivity index (χ1) is 11.7. The van der Waals surface area contributed by atoms with E-state index >= 15 is 0 Å². The van der Waals surface area contributed by atoms with E-state index in [1.54, 1.807) is 0 Å². The molecule has 3 rings (SSSR count). The van der Waals surface area contributed by atoms with Gasteiger partial charge in [0.25, 0.3) is 5.91 Å². The van der Waals surface area contributed by atoms with Crippen molar-refractivity contribution in [2.75, 3.05) is 13.1 Å². The molecule has 1 aromatic carbocycles. The summed E-state index contributed by atoms with van der Waals surface area (Å²) in [4.78, 5) is 32.2. The molecule has 0 aliphatic carbocycles. The molecule has 1 aliphatic heterocycles. The summed E-state index contributed by atoms with van der Waals surface area (Å²) in [6.07, 6.45) is -2.21. The number of fused-ring (bicyclic) bond motifs is 1. The SMILES string of the molecule is O=C(O)[C@@H]1CN(C(=O)c2cc(F)cc3nccnc23)C[C@H]1C(F)(F)F. The molecule has 132 valence electrons. The van der Waals surface area contributed by atoms with Crippen LogP contribution in [-0.2, 0) is 4.79 Å². The minimum Gasteiger partial charge on any atom is -0.481 e. The smallest absolute Gasteiger partial charge is 0.394 e. The first-order valence-electron chi connectivity index (χ1n) is 7.17. The van der Waals surface area contributed by atoms with Crippen LogP contribution in [0.15, 0.2) is 24.5 Å². The van der Waals surface area contributed by atoms with Gasteiger partial charge < -0.3 is 10.0 Å². The number of halogens is 4. The average molecular weight is 357 g/mol. The second-order valence-corrected chi connectivity index (χ2v) is 5.68. The molecule has 0 bridgehead atoms. The molecule has 2 atom stereocenters. The van der Waals surface area contributed by atoms with Gasteiger partial charge in [0.05, 0.1) is 22.9 Å². The molecule has 6 nitrogen and oxygen atoms in total. The van der Waals surface area contributed by atoms with Gasteiger partial charge in [-0.2, -0.15) is 13.2 Å². The molecule has 1 N–H and O–H groups in total. The van der Waals surface area contributed by atoms with Crippen LogP contribution in [0.4, 0.5) is 17.6 Å². The maximum Gasteiger partial charge on any atom is 0.394 e. The number of alkyl halides is 3. The van der Waals surface area contributed by atoms with Gasteiger partial charge >= 0.3 is 12.1 Å². The van der Waals surface area contributed by atoms with Crippen molar-refractivity contribution in [2.45, 2.75) is 6.18 Å². The maximum atomic E-state index is 13.7. The molecule has 2 heterocycles. The zero-order valence-electron chi connectivity index (χ0n) is 12.5. The van der Waals surface area contributed by atoms with Gasteiger partial charge in [-0.05, 0) is 6.07 Å². The number of aliphatic carboxylic acids is 1. The molecule has 0 spiro atoms. The predicted molar refractivity (Wildman–Crippen MR) is 76.1 cm³/mol. The van der Waals surface area contributed by atoms with E-state index in [9.17, 15) is 27.2 Å². The average Bonchev–Trinajstić information content (AvgIpc) is 2.99. The Kier molecular flexibility index (Phi) is 4.05. The summed E-state index contributed by atoms with van der Waals surface area (Å²) in [7, 11) is 0. The number of hydrogen-bond donors (Lipinski definition) is 1. The highest BCUT2D eigenvalue weighted by Gasteiger charge is 2.53. The molecule has 10 heteroatoms. The first-order valence-corrected chi connectivity index (χ1v) is 7.17. The number of carboxylic acids is 1. The molecular formula is C15H11F4N3O3. The number of amides is 1. The monoisotopic (exact) mass is 357 g/mol. The van der Waals surface area contributed by atoms with Crippen molar-refractivity contribution in [1.29, 1.82) is 0 Å². The number of aromatic nitrogens is 2. The van der Waals surface area contributed by atoms with Gasteiger partial charge in [-0.15, -0.1) is 0 Å². The molecule has 1 aliphatic rings. The predicted octanol–water partition coefficient (Wildman–Crippen LogP) is 2.10. The highest BCUT2D eigenvalue weighted by molar-refractivity contribution is 6.05. The van der Waals surface area contributed by atoms with Gasteiger partial charge in [0.1, 0.15) is 11.3 Å². The normalized spacial score (nSPS) is 20.9. The second-order valence-electron chi connectivity index (χ2n) is 5.68. The van der Waals surface area contributed by atoms with E-state index in [0.29, 0.717) is 0 Å². The van der Waals surface area contributed by atoms with Gasteiger partial charge in [-0.1, -0.05) is 0 Å². The molecule has 1 saturated heterocycles. The maximum absolute atomic E-state index is 13.7. The highest BCUT2D eigenvalue weighted by atomic mass is 19.4. The molecule has 0 radical (unpaired) electrons. The summed E-state index contributed by atoms with van der Waals surface area (Å²) in [5.41, 5.74) is -0.140. The van der Waals surface area contributed by atoms with E-state index in [-0.39, 0.29) is 16.6 Å². The van der Waals surface area contributed by atoms with Crippen molar-refractivity contribution >= 4 is 22.9 Å². The van der Waals surface area contributed by atoms with Crippen LogP contribution >= 0.6 is 0 Å². The number of carboxylic acid groups (broad SMARTS) is 1. The molecule has 1 fully saturated rings. The van der Waals surface area contributed by atoms with Gasteiger partial charge in [0.15, 0.2) is 0 Å². The quantitative estimate of drug-likeness (QED) is 0.833. The number of nitrogens with zero attached hydrogens (tertiary/aromatic N) is 3. The largest absolute Gasteiger partial charge is 0.481 e. The Morgan fingerprint density at radius 1 is 1.16 bits per heavy atom. The lowest BCUT2D eigenvalue weighted by Gasteiger charge is -2.18. The summed E-state index contributed by atoms with van der Waals surface area (Å²) in [6.45, 7) is -1.42. The Morgan fingerprint density at radius 2 is 1.84 bits per heavy atom. The van der Waals surface area contributed by atoms with Crippen molar-refractivity contribution in [3.63, 3.8) is 0 Å². The molecule has 0 unspecified atom stereocenters. The number of carbonyl (C=O) groups is 2. The van der Waals surface area contributed by atoms with E-state index in [4.69, 9.17) is 5.11 Å². The Bertz CT molecular complexity index is 856. The third-order valence-corrected chi connectivity index (χ3v) is 4.11. The first kappa shape index (κ1) is 17.1. The van der Waals surface area contributed by atoms with Crippen molar-refractivity contribution in [1.82, 2.24) is 14.9 Å². The number of likely N-dealkylation sites (tertiary alicyclic amines) is 1. The van der Waals surface area contributed by atoms with Crippen LogP contribution in [0.3, 0.4) is 0 Å². The Morgan fingerprint density at radius 3 is 2.44 bits per heavy atom. The lowest BCUT2D eigenvalue weighted by atomic mass is 9.96. The van der Waals surface area contributed by atoms with Gasteiger partial charge in [0, 0.05) is 31.5 Å². The molecule has 0 saturated carbocycles. The molecule has 25 heavy (non-hydrogen) atoms. The minimum absolute atomic E-state index is 0.0382. The Hall–Kier alpha value is -2.78. The minimum atomic E-state index is -4.76. The van der Waals surface area contributed by atoms with Crippen molar-refractivity contribution in [3.8, 4) is 0 Å². The van der Waals surface area contributed by atoms with Crippen LogP contribution in [0, 0.1) is 17.7 Å². The Labute approximate surface area is 138 Å². The van der Waals surface area contributed by atoms with E-state index in [1.165, 1.54) is 12.4 Å². The van der Waals surface area contributed by atoms with E-state index in [0.717, 1.165) is 17.0 Å². The summed E-state index contributed by atoms with van der Waals surface area (Å²) in [5, 5.41) is 9.01. The lowest BCUT2D eigenvalue weighted by molar-refractivity contribution is -0.187. The molecule has 1 amide bonds. The van der Waals surface area contributed by atoms with Gasteiger partial charge in [0.2, 0.25) is 0 Å². The highest BCUT2D eigenvalue weighted by Crippen LogP contribution is 2.38. The van der Waals surface area contributed by atoms with Crippen molar-refractivity contribution < 1.29 is 32.3 Å².